The zero-order valence-electron chi connectivity index (χ0n) is 15.3. The molecule has 0 spiro atoms. The van der Waals surface area contributed by atoms with Crippen molar-refractivity contribution in [3.8, 4) is 17.9 Å². The van der Waals surface area contributed by atoms with E-state index in [-0.39, 0.29) is 11.6 Å². The Morgan fingerprint density at radius 2 is 1.79 bits per heavy atom. The molecule has 2 aromatic carbocycles. The van der Waals surface area contributed by atoms with E-state index in [9.17, 15) is 14.4 Å². The molecule has 1 aromatic heterocycles. The lowest BCUT2D eigenvalue weighted by Crippen LogP contribution is -2.29. The van der Waals surface area contributed by atoms with Gasteiger partial charge in [-0.2, -0.15) is 5.26 Å². The van der Waals surface area contributed by atoms with Gasteiger partial charge in [-0.15, -0.1) is 11.3 Å². The highest BCUT2D eigenvalue weighted by atomic mass is 32.1. The van der Waals surface area contributed by atoms with Crippen molar-refractivity contribution in [2.75, 3.05) is 6.61 Å². The quantitative estimate of drug-likeness (QED) is 0.282. The van der Waals surface area contributed by atoms with Gasteiger partial charge in [-0.25, -0.2) is 9.78 Å². The van der Waals surface area contributed by atoms with Gasteiger partial charge in [-0.05, 0) is 49.2 Å². The first-order chi connectivity index (χ1) is 14.0. The van der Waals surface area contributed by atoms with Gasteiger partial charge in [0.2, 0.25) is 5.78 Å². The van der Waals surface area contributed by atoms with Crippen LogP contribution < -0.4 is 0 Å². The molecule has 1 unspecified atom stereocenters. The van der Waals surface area contributed by atoms with E-state index in [4.69, 9.17) is 10.00 Å². The largest absolute Gasteiger partial charge is 0.460 e. The van der Waals surface area contributed by atoms with Crippen molar-refractivity contribution in [3.63, 3.8) is 0 Å². The summed E-state index contributed by atoms with van der Waals surface area (Å²) in [5.41, 5.74) is 1.60. The third-order valence-electron chi connectivity index (χ3n) is 3.90. The van der Waals surface area contributed by atoms with Gasteiger partial charge in [0, 0.05) is 5.56 Å². The molecule has 0 radical (unpaired) electrons. The first-order valence-electron chi connectivity index (χ1n) is 8.66. The summed E-state index contributed by atoms with van der Waals surface area (Å²) in [6.07, 6.45) is 0. The number of hydrogen-bond donors (Lipinski definition) is 0. The summed E-state index contributed by atoms with van der Waals surface area (Å²) in [6.45, 7) is 1.59. The molecule has 1 atom stereocenters. The molecule has 0 fully saturated rings. The first-order valence-corrected chi connectivity index (χ1v) is 9.47. The average molecular weight is 402 g/mol. The van der Waals surface area contributed by atoms with Crippen LogP contribution in [0.3, 0.4) is 0 Å². The third kappa shape index (κ3) is 4.55. The number of aromatic nitrogens is 1. The van der Waals surface area contributed by atoms with E-state index >= 15 is 0 Å². The lowest BCUT2D eigenvalue weighted by molar-refractivity contribution is -0.154. The molecule has 0 aliphatic rings. The number of fused-ring (bicyclic) bond motifs is 1. The van der Waals surface area contributed by atoms with E-state index in [0.717, 1.165) is 16.0 Å². The van der Waals surface area contributed by atoms with Gasteiger partial charge in [0.1, 0.15) is 5.01 Å². The molecule has 6 nitrogen and oxygen atoms in total. The number of carbonyl (C=O) groups is 3. The Kier molecular flexibility index (Phi) is 6.13. The second-order valence-corrected chi connectivity index (χ2v) is 6.90. The number of carbonyl (C=O) groups excluding carboxylic acids is 3. The predicted octanol–water partition coefficient (Wildman–Crippen LogP) is 3.00. The van der Waals surface area contributed by atoms with Gasteiger partial charge in [0.05, 0.1) is 28.5 Å². The van der Waals surface area contributed by atoms with E-state index in [0.29, 0.717) is 16.6 Å². The fourth-order valence-corrected chi connectivity index (χ4v) is 3.58. The van der Waals surface area contributed by atoms with Crippen molar-refractivity contribution in [1.29, 1.82) is 5.26 Å². The Labute approximate surface area is 170 Å². The maximum Gasteiger partial charge on any atom is 0.375 e. The van der Waals surface area contributed by atoms with Crippen molar-refractivity contribution < 1.29 is 19.1 Å². The molecule has 1 heterocycles. The Morgan fingerprint density at radius 1 is 1.10 bits per heavy atom. The third-order valence-corrected chi connectivity index (χ3v) is 5.00. The molecule has 0 N–H and O–H groups in total. The standard InChI is InChI=1S/C22H14N2O4S/c1-2-28-22(27)20(26)19(21-24-16-5-3-4-6-18(16)29-21)17(25)12-11-14-7-9-15(13-23)10-8-14/h3-10,19H,2H2,1H3. The number of ketones is 2. The smallest absolute Gasteiger partial charge is 0.375 e. The number of para-hydroxylation sites is 1. The maximum atomic E-state index is 12.8. The lowest BCUT2D eigenvalue weighted by Gasteiger charge is -2.08. The van der Waals surface area contributed by atoms with Gasteiger partial charge in [0.25, 0.3) is 5.78 Å². The molecule has 3 rings (SSSR count). The summed E-state index contributed by atoms with van der Waals surface area (Å²) in [5.74, 6) is 0.814. The highest BCUT2D eigenvalue weighted by Gasteiger charge is 2.36. The van der Waals surface area contributed by atoms with Gasteiger partial charge in [-0.1, -0.05) is 18.1 Å². The average Bonchev–Trinajstić information content (AvgIpc) is 3.16. The van der Waals surface area contributed by atoms with Crippen molar-refractivity contribution >= 4 is 39.1 Å². The van der Waals surface area contributed by atoms with Crippen LogP contribution in [0, 0.1) is 23.2 Å². The number of esters is 1. The molecule has 142 valence electrons. The van der Waals surface area contributed by atoms with Gasteiger partial charge >= 0.3 is 5.97 Å². The summed E-state index contributed by atoms with van der Waals surface area (Å²) in [6, 6.07) is 15.5. The fraction of sp³-hybridized carbons (Fsp3) is 0.136. The van der Waals surface area contributed by atoms with Crippen molar-refractivity contribution in [2.24, 2.45) is 0 Å². The highest BCUT2D eigenvalue weighted by molar-refractivity contribution is 7.19. The Morgan fingerprint density at radius 3 is 2.45 bits per heavy atom. The lowest BCUT2D eigenvalue weighted by atomic mass is 9.99. The van der Waals surface area contributed by atoms with Crippen molar-refractivity contribution in [1.82, 2.24) is 4.98 Å². The molecular formula is C22H14N2O4S. The summed E-state index contributed by atoms with van der Waals surface area (Å²) >= 11 is 1.16. The van der Waals surface area contributed by atoms with Crippen LogP contribution in [0.25, 0.3) is 10.2 Å². The number of nitriles is 1. The number of thiazole rings is 1. The highest BCUT2D eigenvalue weighted by Crippen LogP contribution is 2.29. The molecule has 0 aliphatic heterocycles. The molecule has 29 heavy (non-hydrogen) atoms. The van der Waals surface area contributed by atoms with E-state index in [1.54, 1.807) is 43.3 Å². The first kappa shape index (κ1) is 19.9. The van der Waals surface area contributed by atoms with Crippen molar-refractivity contribution in [2.45, 2.75) is 12.8 Å². The fourth-order valence-electron chi connectivity index (χ4n) is 2.51. The number of Topliss-reactive ketones (excluding diaryl/α,β-unsaturated/α-hetero) is 2. The van der Waals surface area contributed by atoms with Gasteiger partial charge in [-0.3, -0.25) is 9.59 Å². The molecule has 0 bridgehead atoms. The Balaban J connectivity index is 1.97. The number of benzene rings is 2. The second kappa shape index (κ2) is 8.92. The summed E-state index contributed by atoms with van der Waals surface area (Å²) in [5, 5.41) is 9.03. The van der Waals surface area contributed by atoms with E-state index < -0.39 is 23.5 Å². The Hall–Kier alpha value is -3.81. The minimum absolute atomic E-state index is 0.0161. The van der Waals surface area contributed by atoms with Gasteiger partial charge < -0.3 is 4.74 Å². The summed E-state index contributed by atoms with van der Waals surface area (Å²) in [7, 11) is 0. The summed E-state index contributed by atoms with van der Waals surface area (Å²) in [4.78, 5) is 41.7. The normalized spacial score (nSPS) is 11.0. The van der Waals surface area contributed by atoms with Crippen LogP contribution in [-0.4, -0.2) is 29.1 Å². The molecule has 0 saturated carbocycles. The molecule has 0 amide bonds. The topological polar surface area (TPSA) is 97.1 Å². The summed E-state index contributed by atoms with van der Waals surface area (Å²) < 4.78 is 5.56. The number of nitrogens with zero attached hydrogens (tertiary/aromatic N) is 2. The molecule has 0 saturated heterocycles. The SMILES string of the molecule is CCOC(=O)C(=O)C(C(=O)C#Cc1ccc(C#N)cc1)c1nc2ccccc2s1. The van der Waals surface area contributed by atoms with Crippen LogP contribution in [0.1, 0.15) is 29.0 Å². The van der Waals surface area contributed by atoms with Crippen molar-refractivity contribution in [3.05, 3.63) is 64.7 Å². The number of rotatable bonds is 5. The van der Waals surface area contributed by atoms with E-state index in [1.165, 1.54) is 0 Å². The maximum absolute atomic E-state index is 12.8. The molecule has 3 aromatic rings. The van der Waals surface area contributed by atoms with Crippen LogP contribution in [0.2, 0.25) is 0 Å². The van der Waals surface area contributed by atoms with Crippen LogP contribution in [0.15, 0.2) is 48.5 Å². The minimum atomic E-state index is -1.45. The second-order valence-electron chi connectivity index (χ2n) is 5.84. The van der Waals surface area contributed by atoms with Crippen LogP contribution in [-0.2, 0) is 19.1 Å². The zero-order valence-corrected chi connectivity index (χ0v) is 16.2. The minimum Gasteiger partial charge on any atom is -0.460 e. The van der Waals surface area contributed by atoms with E-state index in [1.807, 2.05) is 18.2 Å². The van der Waals surface area contributed by atoms with E-state index in [2.05, 4.69) is 16.8 Å². The number of hydrogen-bond acceptors (Lipinski definition) is 7. The molecule has 0 aliphatic carbocycles. The Bertz CT molecular complexity index is 1160. The van der Waals surface area contributed by atoms with Crippen LogP contribution in [0.5, 0.6) is 0 Å². The zero-order chi connectivity index (χ0) is 20.8. The van der Waals surface area contributed by atoms with Crippen LogP contribution >= 0.6 is 11.3 Å². The monoisotopic (exact) mass is 402 g/mol. The van der Waals surface area contributed by atoms with Crippen LogP contribution in [0.4, 0.5) is 0 Å². The molecule has 7 heteroatoms. The number of ether oxygens (including phenoxy) is 1. The predicted molar refractivity (Wildman–Crippen MR) is 107 cm³/mol. The van der Waals surface area contributed by atoms with Gasteiger partial charge in [0.15, 0.2) is 5.92 Å². The molecular weight excluding hydrogens is 388 g/mol.